The third-order valence-corrected chi connectivity index (χ3v) is 1.78. The number of unbranched alkanes of at least 4 members (excludes halogenated alkanes) is 2. The average molecular weight is 190 g/mol. The van der Waals surface area contributed by atoms with Crippen LogP contribution in [0.1, 0.15) is 32.1 Å². The van der Waals surface area contributed by atoms with Crippen LogP contribution < -0.4 is 0 Å². The first-order valence-corrected chi connectivity index (χ1v) is 4.64. The summed E-state index contributed by atoms with van der Waals surface area (Å²) in [5, 5.41) is 8.25. The van der Waals surface area contributed by atoms with Crippen LogP contribution in [0, 0.1) is 0 Å². The predicted molar refractivity (Wildman–Crippen MR) is 49.6 cm³/mol. The van der Waals surface area contributed by atoms with Crippen molar-refractivity contribution in [3.05, 3.63) is 0 Å². The first-order chi connectivity index (χ1) is 5.66. The van der Waals surface area contributed by atoms with Crippen LogP contribution >= 0.6 is 12.6 Å². The molecule has 70 valence electrons. The van der Waals surface area contributed by atoms with E-state index in [1.807, 2.05) is 0 Å². The Morgan fingerprint density at radius 2 is 1.83 bits per heavy atom. The van der Waals surface area contributed by atoms with Crippen molar-refractivity contribution in [3.63, 3.8) is 0 Å². The van der Waals surface area contributed by atoms with Gasteiger partial charge < -0.3 is 5.11 Å². The zero-order valence-electron chi connectivity index (χ0n) is 6.95. The van der Waals surface area contributed by atoms with Crippen LogP contribution in [0.3, 0.4) is 0 Å². The summed E-state index contributed by atoms with van der Waals surface area (Å²) in [4.78, 5) is 20.9. The zero-order valence-corrected chi connectivity index (χ0v) is 7.85. The molecule has 0 aromatic rings. The molecule has 1 N–H and O–H groups in total. The molecular weight excluding hydrogens is 176 g/mol. The molecule has 0 unspecified atom stereocenters. The van der Waals surface area contributed by atoms with E-state index in [0.717, 1.165) is 25.0 Å². The second-order valence-electron chi connectivity index (χ2n) is 2.64. The highest BCUT2D eigenvalue weighted by atomic mass is 32.1. The normalized spacial score (nSPS) is 9.75. The van der Waals surface area contributed by atoms with E-state index in [-0.39, 0.29) is 12.2 Å². The van der Waals surface area contributed by atoms with Crippen LogP contribution in [-0.2, 0) is 9.59 Å². The lowest BCUT2D eigenvalue weighted by Crippen LogP contribution is -2.05. The fourth-order valence-electron chi connectivity index (χ4n) is 0.868. The second kappa shape index (κ2) is 7.16. The Kier molecular flexibility index (Phi) is 6.85. The van der Waals surface area contributed by atoms with Gasteiger partial charge in [-0.15, -0.1) is 0 Å². The summed E-state index contributed by atoms with van der Waals surface area (Å²) < 4.78 is 0. The van der Waals surface area contributed by atoms with Crippen LogP contribution in [0.2, 0.25) is 0 Å². The van der Waals surface area contributed by atoms with Gasteiger partial charge >= 0.3 is 5.97 Å². The van der Waals surface area contributed by atoms with Gasteiger partial charge in [-0.1, -0.05) is 6.42 Å². The molecule has 4 heteroatoms. The average Bonchev–Trinajstić information content (AvgIpc) is 1.97. The summed E-state index contributed by atoms with van der Waals surface area (Å²) in [5.41, 5.74) is 0. The summed E-state index contributed by atoms with van der Waals surface area (Å²) in [7, 11) is 0. The minimum absolute atomic E-state index is 0.179. The van der Waals surface area contributed by atoms with Gasteiger partial charge in [0.15, 0.2) is 0 Å². The minimum atomic E-state index is -1.03. The number of carbonyl (C=O) groups excluding carboxylic acids is 1. The highest BCUT2D eigenvalue weighted by Gasteiger charge is 2.06. The van der Waals surface area contributed by atoms with Crippen LogP contribution in [0.25, 0.3) is 0 Å². The number of carboxylic acid groups (broad SMARTS) is 1. The van der Waals surface area contributed by atoms with Crippen LogP contribution in [0.4, 0.5) is 0 Å². The van der Waals surface area contributed by atoms with E-state index < -0.39 is 5.97 Å². The summed E-state index contributed by atoms with van der Waals surface area (Å²) in [6.07, 6.45) is 2.78. The third-order valence-electron chi connectivity index (χ3n) is 1.46. The molecular formula is C8H14O3S. The van der Waals surface area contributed by atoms with Crippen LogP contribution in [0.15, 0.2) is 0 Å². The molecule has 0 atom stereocenters. The maximum absolute atomic E-state index is 10.8. The van der Waals surface area contributed by atoms with E-state index in [1.54, 1.807) is 0 Å². The first-order valence-electron chi connectivity index (χ1n) is 4.01. The Bertz CT molecular complexity index is 156. The highest BCUT2D eigenvalue weighted by Crippen LogP contribution is 2.03. The van der Waals surface area contributed by atoms with Gasteiger partial charge in [0.05, 0.1) is 0 Å². The Balaban J connectivity index is 3.26. The summed E-state index contributed by atoms with van der Waals surface area (Å²) in [6.45, 7) is 0. The van der Waals surface area contributed by atoms with E-state index in [4.69, 9.17) is 5.11 Å². The van der Waals surface area contributed by atoms with Gasteiger partial charge in [-0.25, -0.2) is 0 Å². The minimum Gasteiger partial charge on any atom is -0.481 e. The van der Waals surface area contributed by atoms with E-state index in [2.05, 4.69) is 12.6 Å². The number of aliphatic carboxylic acids is 1. The van der Waals surface area contributed by atoms with Gasteiger partial charge in [-0.05, 0) is 18.6 Å². The van der Waals surface area contributed by atoms with Crippen molar-refractivity contribution in [2.24, 2.45) is 0 Å². The number of carbonyl (C=O) groups is 2. The zero-order chi connectivity index (χ0) is 9.40. The topological polar surface area (TPSA) is 54.4 Å². The fourth-order valence-corrected chi connectivity index (χ4v) is 1.09. The highest BCUT2D eigenvalue weighted by molar-refractivity contribution is 7.80. The van der Waals surface area contributed by atoms with Crippen LogP contribution in [0.5, 0.6) is 0 Å². The Morgan fingerprint density at radius 1 is 1.17 bits per heavy atom. The van der Waals surface area contributed by atoms with Crippen molar-refractivity contribution in [3.8, 4) is 0 Å². The molecule has 0 rings (SSSR count). The smallest absolute Gasteiger partial charge is 0.310 e. The van der Waals surface area contributed by atoms with Gasteiger partial charge in [-0.3, -0.25) is 9.59 Å². The standard InChI is InChI=1S/C8H14O3S/c9-7(6-8(10)11)4-2-1-3-5-12/h12H,1-6H2,(H,10,11). The van der Waals surface area contributed by atoms with Crippen molar-refractivity contribution in [1.82, 2.24) is 0 Å². The van der Waals surface area contributed by atoms with E-state index in [9.17, 15) is 9.59 Å². The lowest BCUT2D eigenvalue weighted by molar-refractivity contribution is -0.140. The molecule has 0 aliphatic heterocycles. The van der Waals surface area contributed by atoms with Gasteiger partial charge in [0.1, 0.15) is 12.2 Å². The number of hydrogen-bond acceptors (Lipinski definition) is 3. The van der Waals surface area contributed by atoms with Gasteiger partial charge in [-0.2, -0.15) is 12.6 Å². The molecule has 0 saturated heterocycles. The van der Waals surface area contributed by atoms with Crippen molar-refractivity contribution in [2.45, 2.75) is 32.1 Å². The van der Waals surface area contributed by atoms with Gasteiger partial charge in [0.2, 0.25) is 0 Å². The van der Waals surface area contributed by atoms with Crippen LogP contribution in [-0.4, -0.2) is 22.6 Å². The number of Topliss-reactive ketones (excluding diaryl/α,β-unsaturated/α-hetero) is 1. The molecule has 0 fully saturated rings. The van der Waals surface area contributed by atoms with E-state index >= 15 is 0 Å². The molecule has 0 aromatic carbocycles. The number of rotatable bonds is 7. The van der Waals surface area contributed by atoms with Crippen molar-refractivity contribution < 1.29 is 14.7 Å². The van der Waals surface area contributed by atoms with E-state index in [1.165, 1.54) is 0 Å². The SMILES string of the molecule is O=C(O)CC(=O)CCCCCS. The quantitative estimate of drug-likeness (QED) is 0.363. The third kappa shape index (κ3) is 7.60. The maximum atomic E-state index is 10.8. The monoisotopic (exact) mass is 190 g/mol. The van der Waals surface area contributed by atoms with Crippen molar-refractivity contribution >= 4 is 24.4 Å². The molecule has 3 nitrogen and oxygen atoms in total. The number of hydrogen-bond donors (Lipinski definition) is 2. The molecule has 0 bridgehead atoms. The Hall–Kier alpha value is -0.510. The molecule has 0 saturated carbocycles. The molecule has 0 aliphatic rings. The predicted octanol–water partition coefficient (Wildman–Crippen LogP) is 1.52. The molecule has 12 heavy (non-hydrogen) atoms. The Labute approximate surface area is 77.6 Å². The number of carboxylic acids is 1. The largest absolute Gasteiger partial charge is 0.481 e. The van der Waals surface area contributed by atoms with Crippen molar-refractivity contribution in [1.29, 1.82) is 0 Å². The molecule has 0 radical (unpaired) electrons. The lowest BCUT2D eigenvalue weighted by atomic mass is 10.1. The maximum Gasteiger partial charge on any atom is 0.310 e. The Morgan fingerprint density at radius 3 is 2.33 bits per heavy atom. The summed E-state index contributed by atoms with van der Waals surface area (Å²) in [5.74, 6) is -0.386. The summed E-state index contributed by atoms with van der Waals surface area (Å²) >= 11 is 4.02. The first kappa shape index (κ1) is 11.5. The molecule has 0 amide bonds. The number of thiol groups is 1. The number of ketones is 1. The lowest BCUT2D eigenvalue weighted by Gasteiger charge is -1.96. The van der Waals surface area contributed by atoms with Gasteiger partial charge in [0.25, 0.3) is 0 Å². The van der Waals surface area contributed by atoms with E-state index in [0.29, 0.717) is 6.42 Å². The molecule has 0 heterocycles. The molecule has 0 aromatic heterocycles. The molecule has 0 aliphatic carbocycles. The molecule has 0 spiro atoms. The van der Waals surface area contributed by atoms with Gasteiger partial charge in [0, 0.05) is 6.42 Å². The second-order valence-corrected chi connectivity index (χ2v) is 3.09. The summed E-state index contributed by atoms with van der Waals surface area (Å²) in [6, 6.07) is 0. The fraction of sp³-hybridized carbons (Fsp3) is 0.750. The van der Waals surface area contributed by atoms with Crippen molar-refractivity contribution in [2.75, 3.05) is 5.75 Å².